The van der Waals surface area contributed by atoms with Crippen LogP contribution in [0.2, 0.25) is 0 Å². The largest absolute Gasteiger partial charge is 0.385 e. The zero-order valence-electron chi connectivity index (χ0n) is 13.4. The third-order valence-electron chi connectivity index (χ3n) is 4.51. The van der Waals surface area contributed by atoms with Crippen molar-refractivity contribution in [2.24, 2.45) is 11.8 Å². The molecule has 1 heterocycles. The van der Waals surface area contributed by atoms with Gasteiger partial charge in [-0.3, -0.25) is 9.78 Å². The van der Waals surface area contributed by atoms with Crippen molar-refractivity contribution < 1.29 is 4.79 Å². The van der Waals surface area contributed by atoms with Crippen LogP contribution < -0.4 is 10.6 Å². The van der Waals surface area contributed by atoms with Crippen LogP contribution in [0.3, 0.4) is 0 Å². The molecular weight excluding hydrogens is 262 g/mol. The van der Waals surface area contributed by atoms with Gasteiger partial charge in [0.2, 0.25) is 0 Å². The molecule has 2 N–H and O–H groups in total. The van der Waals surface area contributed by atoms with Crippen LogP contribution in [0, 0.1) is 11.8 Å². The topological polar surface area (TPSA) is 54.0 Å². The van der Waals surface area contributed by atoms with Gasteiger partial charge in [-0.15, -0.1) is 0 Å². The van der Waals surface area contributed by atoms with Crippen molar-refractivity contribution in [1.29, 1.82) is 0 Å². The molecule has 3 atom stereocenters. The molecule has 2 rings (SSSR count). The number of aromatic nitrogens is 1. The van der Waals surface area contributed by atoms with Crippen LogP contribution in [0.5, 0.6) is 0 Å². The Hall–Kier alpha value is -1.58. The lowest BCUT2D eigenvalue weighted by atomic mass is 9.79. The van der Waals surface area contributed by atoms with Crippen LogP contribution in [0.15, 0.2) is 18.3 Å². The predicted molar refractivity (Wildman–Crippen MR) is 86.5 cm³/mol. The van der Waals surface area contributed by atoms with E-state index >= 15 is 0 Å². The van der Waals surface area contributed by atoms with Crippen molar-refractivity contribution in [2.45, 2.75) is 52.5 Å². The van der Waals surface area contributed by atoms with Crippen LogP contribution in [0.4, 0.5) is 5.69 Å². The van der Waals surface area contributed by atoms with Crippen molar-refractivity contribution in [1.82, 2.24) is 10.3 Å². The van der Waals surface area contributed by atoms with Gasteiger partial charge >= 0.3 is 0 Å². The van der Waals surface area contributed by atoms with Gasteiger partial charge in [-0.2, -0.15) is 0 Å². The van der Waals surface area contributed by atoms with Gasteiger partial charge in [-0.05, 0) is 49.7 Å². The van der Waals surface area contributed by atoms with Crippen molar-refractivity contribution >= 4 is 11.6 Å². The molecule has 0 aliphatic heterocycles. The number of carbonyl (C=O) groups excluding carboxylic acids is 1. The summed E-state index contributed by atoms with van der Waals surface area (Å²) in [6, 6.07) is 4.02. The number of rotatable bonds is 5. The SMILES string of the molecule is CCCNc1ccnc(C(=O)NC2CCC(C)C(C)C2)c1. The summed E-state index contributed by atoms with van der Waals surface area (Å²) in [5, 5.41) is 6.43. The molecule has 1 aromatic heterocycles. The zero-order valence-corrected chi connectivity index (χ0v) is 13.4. The fraction of sp³-hybridized carbons (Fsp3) is 0.647. The number of anilines is 1. The highest BCUT2D eigenvalue weighted by atomic mass is 16.1. The number of amides is 1. The van der Waals surface area contributed by atoms with Gasteiger partial charge in [0.05, 0.1) is 0 Å². The first kappa shape index (κ1) is 15.8. The second kappa shape index (κ2) is 7.43. The van der Waals surface area contributed by atoms with Crippen molar-refractivity contribution in [3.8, 4) is 0 Å². The summed E-state index contributed by atoms with van der Waals surface area (Å²) in [5.74, 6) is 1.38. The highest BCUT2D eigenvalue weighted by Gasteiger charge is 2.26. The summed E-state index contributed by atoms with van der Waals surface area (Å²) >= 11 is 0. The lowest BCUT2D eigenvalue weighted by Gasteiger charge is -2.32. The molecule has 0 bridgehead atoms. The van der Waals surface area contributed by atoms with Crippen LogP contribution in [0.25, 0.3) is 0 Å². The van der Waals surface area contributed by atoms with E-state index in [0.29, 0.717) is 11.6 Å². The monoisotopic (exact) mass is 289 g/mol. The molecule has 1 aliphatic rings. The molecule has 116 valence electrons. The van der Waals surface area contributed by atoms with E-state index in [4.69, 9.17) is 0 Å². The first-order valence-electron chi connectivity index (χ1n) is 8.11. The van der Waals surface area contributed by atoms with Gasteiger partial charge < -0.3 is 10.6 Å². The number of nitrogens with one attached hydrogen (secondary N) is 2. The van der Waals surface area contributed by atoms with Crippen molar-refractivity contribution in [3.05, 3.63) is 24.0 Å². The predicted octanol–water partition coefficient (Wildman–Crippen LogP) is 3.46. The Bertz CT molecular complexity index is 475. The smallest absolute Gasteiger partial charge is 0.270 e. The van der Waals surface area contributed by atoms with E-state index in [9.17, 15) is 4.79 Å². The molecule has 4 heteroatoms. The highest BCUT2D eigenvalue weighted by molar-refractivity contribution is 5.93. The summed E-state index contributed by atoms with van der Waals surface area (Å²) in [4.78, 5) is 16.5. The Kier molecular flexibility index (Phi) is 5.59. The molecule has 0 aromatic carbocycles. The molecule has 21 heavy (non-hydrogen) atoms. The average Bonchev–Trinajstić information content (AvgIpc) is 2.49. The van der Waals surface area contributed by atoms with E-state index in [-0.39, 0.29) is 11.9 Å². The molecule has 1 aromatic rings. The fourth-order valence-corrected chi connectivity index (χ4v) is 2.87. The summed E-state index contributed by atoms with van der Waals surface area (Å²) in [5.41, 5.74) is 1.46. The lowest BCUT2D eigenvalue weighted by molar-refractivity contribution is 0.0905. The minimum absolute atomic E-state index is 0.0538. The standard InChI is InChI=1S/C17H27N3O/c1-4-8-18-14-7-9-19-16(11-14)17(21)20-15-6-5-12(2)13(3)10-15/h7,9,11-13,15H,4-6,8,10H2,1-3H3,(H,18,19)(H,20,21). The second-order valence-corrected chi connectivity index (χ2v) is 6.29. The number of hydrogen-bond acceptors (Lipinski definition) is 3. The molecule has 1 aliphatic carbocycles. The Morgan fingerprint density at radius 2 is 2.14 bits per heavy atom. The van der Waals surface area contributed by atoms with Crippen molar-refractivity contribution in [3.63, 3.8) is 0 Å². The summed E-state index contributed by atoms with van der Waals surface area (Å²) in [7, 11) is 0. The van der Waals surface area contributed by atoms with E-state index in [1.54, 1.807) is 6.20 Å². The normalized spacial score (nSPS) is 25.4. The molecular formula is C17H27N3O. The Morgan fingerprint density at radius 3 is 2.86 bits per heavy atom. The van der Waals surface area contributed by atoms with Gasteiger partial charge in [-0.25, -0.2) is 0 Å². The first-order valence-corrected chi connectivity index (χ1v) is 8.11. The Morgan fingerprint density at radius 1 is 1.33 bits per heavy atom. The second-order valence-electron chi connectivity index (χ2n) is 6.29. The van der Waals surface area contributed by atoms with E-state index in [1.165, 1.54) is 6.42 Å². The van der Waals surface area contributed by atoms with Gasteiger partial charge in [0, 0.05) is 24.5 Å². The maximum atomic E-state index is 12.3. The molecule has 0 spiro atoms. The van der Waals surface area contributed by atoms with E-state index in [2.05, 4.69) is 36.4 Å². The van der Waals surface area contributed by atoms with Crippen LogP contribution >= 0.6 is 0 Å². The fourth-order valence-electron chi connectivity index (χ4n) is 2.87. The summed E-state index contributed by atoms with van der Waals surface area (Å²) < 4.78 is 0. The molecule has 1 saturated carbocycles. The molecule has 3 unspecified atom stereocenters. The molecule has 1 fully saturated rings. The quantitative estimate of drug-likeness (QED) is 0.873. The van der Waals surface area contributed by atoms with Crippen molar-refractivity contribution in [2.75, 3.05) is 11.9 Å². The van der Waals surface area contributed by atoms with E-state index < -0.39 is 0 Å². The van der Waals surface area contributed by atoms with E-state index in [1.807, 2.05) is 12.1 Å². The van der Waals surface area contributed by atoms with E-state index in [0.717, 1.165) is 37.4 Å². The number of carbonyl (C=O) groups is 1. The van der Waals surface area contributed by atoms with Crippen LogP contribution in [0.1, 0.15) is 56.9 Å². The highest BCUT2D eigenvalue weighted by Crippen LogP contribution is 2.29. The molecule has 1 amide bonds. The third kappa shape index (κ3) is 4.45. The van der Waals surface area contributed by atoms with Gasteiger partial charge in [0.25, 0.3) is 5.91 Å². The number of nitrogens with zero attached hydrogens (tertiary/aromatic N) is 1. The number of hydrogen-bond donors (Lipinski definition) is 2. The third-order valence-corrected chi connectivity index (χ3v) is 4.51. The molecule has 0 radical (unpaired) electrons. The Balaban J connectivity index is 1.94. The Labute approximate surface area is 127 Å². The molecule has 0 saturated heterocycles. The summed E-state index contributed by atoms with van der Waals surface area (Å²) in [6.45, 7) is 7.60. The minimum atomic E-state index is -0.0538. The first-order chi connectivity index (χ1) is 10.1. The van der Waals surface area contributed by atoms with Gasteiger partial charge in [0.1, 0.15) is 5.69 Å². The average molecular weight is 289 g/mol. The summed E-state index contributed by atoms with van der Waals surface area (Å²) in [6.07, 6.45) is 6.09. The maximum Gasteiger partial charge on any atom is 0.270 e. The van der Waals surface area contributed by atoms with Crippen LogP contribution in [-0.4, -0.2) is 23.5 Å². The van der Waals surface area contributed by atoms with Gasteiger partial charge in [0.15, 0.2) is 0 Å². The maximum absolute atomic E-state index is 12.3. The lowest BCUT2D eigenvalue weighted by Crippen LogP contribution is -2.40. The van der Waals surface area contributed by atoms with Gasteiger partial charge in [-0.1, -0.05) is 20.8 Å². The van der Waals surface area contributed by atoms with Crippen LogP contribution in [-0.2, 0) is 0 Å². The zero-order chi connectivity index (χ0) is 15.2. The molecule has 4 nitrogen and oxygen atoms in total. The minimum Gasteiger partial charge on any atom is -0.385 e. The number of pyridine rings is 1.